The molecule has 0 spiro atoms. The number of methoxy groups -OCH3 is 1. The van der Waals surface area contributed by atoms with Gasteiger partial charge in [-0.3, -0.25) is 9.48 Å². The number of piperidine rings is 1. The van der Waals surface area contributed by atoms with Gasteiger partial charge in [-0.15, -0.1) is 0 Å². The van der Waals surface area contributed by atoms with Crippen LogP contribution < -0.4 is 10.1 Å². The summed E-state index contributed by atoms with van der Waals surface area (Å²) < 4.78 is 34.3. The first-order valence-electron chi connectivity index (χ1n) is 12.5. The summed E-state index contributed by atoms with van der Waals surface area (Å²) in [4.78, 5) is 14.7. The SMILES string of the molecule is COc1cc(-c2cnn(C3CCN(C(=O)/C(C#N)=C/C(C)(C)NCC(F)F)CC3)c2C)cn2ncc(C#N)c12. The molecule has 0 aliphatic carbocycles. The van der Waals surface area contributed by atoms with Crippen molar-refractivity contribution in [3.05, 3.63) is 47.6 Å². The number of halogens is 2. The number of fused-ring (bicyclic) bond motifs is 1. The predicted octanol–water partition coefficient (Wildman–Crippen LogP) is 3.63. The third-order valence-corrected chi connectivity index (χ3v) is 6.94. The summed E-state index contributed by atoms with van der Waals surface area (Å²) in [5, 5.41) is 30.5. The van der Waals surface area contributed by atoms with Gasteiger partial charge >= 0.3 is 0 Å². The van der Waals surface area contributed by atoms with Crippen LogP contribution in [0.1, 0.15) is 44.0 Å². The lowest BCUT2D eigenvalue weighted by atomic mass is 9.99. The zero-order chi connectivity index (χ0) is 28.3. The maximum atomic E-state index is 13.0. The van der Waals surface area contributed by atoms with Crippen LogP contribution in [0.4, 0.5) is 8.78 Å². The van der Waals surface area contributed by atoms with E-state index < -0.39 is 24.4 Å². The summed E-state index contributed by atoms with van der Waals surface area (Å²) in [5.41, 5.74) is 2.71. The van der Waals surface area contributed by atoms with Crippen LogP contribution in [0.15, 0.2) is 36.3 Å². The Bertz CT molecular complexity index is 1480. The Balaban J connectivity index is 1.48. The van der Waals surface area contributed by atoms with Crippen LogP contribution in [0.2, 0.25) is 0 Å². The van der Waals surface area contributed by atoms with Gasteiger partial charge in [0.15, 0.2) is 0 Å². The van der Waals surface area contributed by atoms with Gasteiger partial charge < -0.3 is 15.0 Å². The number of carbonyl (C=O) groups is 1. The molecule has 0 unspecified atom stereocenters. The number of hydrogen-bond donors (Lipinski definition) is 1. The van der Waals surface area contributed by atoms with Gasteiger partial charge in [-0.2, -0.15) is 20.7 Å². The van der Waals surface area contributed by atoms with Crippen LogP contribution in [-0.4, -0.2) is 68.9 Å². The minimum atomic E-state index is -2.53. The van der Waals surface area contributed by atoms with Crippen LogP contribution >= 0.6 is 0 Å². The van der Waals surface area contributed by atoms with Gasteiger partial charge in [0.25, 0.3) is 12.3 Å². The Morgan fingerprint density at radius 1 is 1.28 bits per heavy atom. The van der Waals surface area contributed by atoms with Crippen LogP contribution in [0.5, 0.6) is 5.75 Å². The average Bonchev–Trinajstić information content (AvgIpc) is 3.53. The minimum absolute atomic E-state index is 0.0574. The van der Waals surface area contributed by atoms with E-state index in [-0.39, 0.29) is 11.6 Å². The second kappa shape index (κ2) is 11.2. The fourth-order valence-corrected chi connectivity index (χ4v) is 4.92. The van der Waals surface area contributed by atoms with Crippen molar-refractivity contribution in [2.24, 2.45) is 0 Å². The first-order chi connectivity index (χ1) is 18.6. The average molecular weight is 537 g/mol. The number of hydrogen-bond acceptors (Lipinski definition) is 7. The van der Waals surface area contributed by atoms with Crippen molar-refractivity contribution in [1.29, 1.82) is 10.5 Å². The van der Waals surface area contributed by atoms with Gasteiger partial charge in [0.05, 0.1) is 32.1 Å². The second-order valence-electron chi connectivity index (χ2n) is 10.0. The molecule has 0 aromatic carbocycles. The molecule has 1 fully saturated rings. The number of nitriles is 2. The summed E-state index contributed by atoms with van der Waals surface area (Å²) >= 11 is 0. The monoisotopic (exact) mass is 536 g/mol. The molecular formula is C27H30F2N8O2. The highest BCUT2D eigenvalue weighted by Gasteiger charge is 2.29. The maximum Gasteiger partial charge on any atom is 0.264 e. The maximum absolute atomic E-state index is 13.0. The number of alkyl halides is 2. The van der Waals surface area contributed by atoms with Gasteiger partial charge in [0.2, 0.25) is 0 Å². The standard InChI is InChI=1S/C27H30F2N8O2/c1-17-22(18-9-23(39-4)25-20(12-31)13-33-36(25)16-18)14-34-37(17)21-5-7-35(8-6-21)26(38)19(11-30)10-27(2,3)32-15-24(28)29/h9-10,13-14,16,21,24,32H,5-8,15H2,1-4H3/b19-10+. The Morgan fingerprint density at radius 2 is 2.00 bits per heavy atom. The topological polar surface area (TPSA) is 124 Å². The van der Waals surface area contributed by atoms with Crippen molar-refractivity contribution in [2.45, 2.75) is 51.6 Å². The lowest BCUT2D eigenvalue weighted by Crippen LogP contribution is -2.43. The molecule has 3 aromatic heterocycles. The summed E-state index contributed by atoms with van der Waals surface area (Å²) in [5.74, 6) is 0.131. The molecule has 1 N–H and O–H groups in total. The van der Waals surface area contributed by atoms with Crippen molar-refractivity contribution in [2.75, 3.05) is 26.7 Å². The van der Waals surface area contributed by atoms with Gasteiger partial charge in [-0.25, -0.2) is 13.3 Å². The molecule has 204 valence electrons. The molecule has 1 aliphatic heterocycles. The molecule has 10 nitrogen and oxygen atoms in total. The number of likely N-dealkylation sites (tertiary alicyclic amines) is 1. The Hall–Kier alpha value is -4.29. The predicted molar refractivity (Wildman–Crippen MR) is 139 cm³/mol. The fourth-order valence-electron chi connectivity index (χ4n) is 4.92. The summed E-state index contributed by atoms with van der Waals surface area (Å²) in [7, 11) is 1.55. The van der Waals surface area contributed by atoms with E-state index in [1.54, 1.807) is 36.6 Å². The smallest absolute Gasteiger partial charge is 0.264 e. The molecule has 12 heteroatoms. The molecule has 4 heterocycles. The third-order valence-electron chi connectivity index (χ3n) is 6.94. The Kier molecular flexibility index (Phi) is 7.98. The number of nitrogens with one attached hydrogen (secondary N) is 1. The first kappa shape index (κ1) is 27.7. The Morgan fingerprint density at radius 3 is 2.62 bits per heavy atom. The summed E-state index contributed by atoms with van der Waals surface area (Å²) in [6, 6.07) is 5.98. The number of rotatable bonds is 8. The van der Waals surface area contributed by atoms with Gasteiger partial charge in [-0.05, 0) is 45.8 Å². The van der Waals surface area contributed by atoms with Crippen molar-refractivity contribution in [1.82, 2.24) is 29.6 Å². The lowest BCUT2D eigenvalue weighted by Gasteiger charge is -2.33. The van der Waals surface area contributed by atoms with E-state index in [1.165, 1.54) is 12.3 Å². The molecule has 4 rings (SSSR count). The molecule has 39 heavy (non-hydrogen) atoms. The fraction of sp³-hybridized carbons (Fsp3) is 0.444. The van der Waals surface area contributed by atoms with E-state index in [9.17, 15) is 24.1 Å². The highest BCUT2D eigenvalue weighted by Crippen LogP contribution is 2.33. The molecule has 0 radical (unpaired) electrons. The molecule has 1 amide bonds. The van der Waals surface area contributed by atoms with Crippen LogP contribution in [0.3, 0.4) is 0 Å². The van der Waals surface area contributed by atoms with E-state index in [1.807, 2.05) is 29.9 Å². The molecule has 0 saturated carbocycles. The van der Waals surface area contributed by atoms with Gasteiger partial charge in [0, 0.05) is 41.6 Å². The largest absolute Gasteiger partial charge is 0.494 e. The molecule has 0 bridgehead atoms. The number of carbonyl (C=O) groups excluding carboxylic acids is 1. The third kappa shape index (κ3) is 5.76. The lowest BCUT2D eigenvalue weighted by molar-refractivity contribution is -0.128. The summed E-state index contributed by atoms with van der Waals surface area (Å²) in [6.45, 7) is 5.61. The highest BCUT2D eigenvalue weighted by molar-refractivity contribution is 5.97. The quantitative estimate of drug-likeness (QED) is 0.344. The van der Waals surface area contributed by atoms with Crippen LogP contribution in [-0.2, 0) is 4.79 Å². The zero-order valence-electron chi connectivity index (χ0n) is 22.3. The van der Waals surface area contributed by atoms with E-state index >= 15 is 0 Å². The second-order valence-corrected chi connectivity index (χ2v) is 10.0. The van der Waals surface area contributed by atoms with Crippen molar-refractivity contribution >= 4 is 11.4 Å². The number of amides is 1. The van der Waals surface area contributed by atoms with Crippen molar-refractivity contribution in [3.8, 4) is 29.0 Å². The number of pyridine rings is 1. The van der Waals surface area contributed by atoms with E-state index in [2.05, 4.69) is 21.6 Å². The molecule has 1 saturated heterocycles. The highest BCUT2D eigenvalue weighted by atomic mass is 19.3. The van der Waals surface area contributed by atoms with E-state index in [0.717, 1.165) is 16.8 Å². The number of ether oxygens (including phenoxy) is 1. The van der Waals surface area contributed by atoms with E-state index in [4.69, 9.17) is 4.74 Å². The number of nitrogens with zero attached hydrogens (tertiary/aromatic N) is 7. The van der Waals surface area contributed by atoms with Crippen LogP contribution in [0.25, 0.3) is 16.6 Å². The zero-order valence-corrected chi connectivity index (χ0v) is 22.3. The van der Waals surface area contributed by atoms with Crippen molar-refractivity contribution < 1.29 is 18.3 Å². The molecule has 1 aliphatic rings. The van der Waals surface area contributed by atoms with Crippen LogP contribution in [0, 0.1) is 29.6 Å². The molecular weight excluding hydrogens is 506 g/mol. The summed E-state index contributed by atoms with van der Waals surface area (Å²) in [6.07, 6.45) is 5.29. The van der Waals surface area contributed by atoms with E-state index in [0.29, 0.717) is 42.8 Å². The van der Waals surface area contributed by atoms with Gasteiger partial charge in [0.1, 0.15) is 34.5 Å². The number of aromatic nitrogens is 4. The first-order valence-corrected chi connectivity index (χ1v) is 12.5. The Labute approximate surface area is 225 Å². The normalized spacial score (nSPS) is 15.0. The molecule has 3 aromatic rings. The van der Waals surface area contributed by atoms with Gasteiger partial charge in [-0.1, -0.05) is 0 Å². The van der Waals surface area contributed by atoms with Crippen molar-refractivity contribution in [3.63, 3.8) is 0 Å². The minimum Gasteiger partial charge on any atom is -0.494 e. The molecule has 0 atom stereocenters.